The molecule has 0 saturated heterocycles. The van der Waals surface area contributed by atoms with Crippen LogP contribution in [0.3, 0.4) is 0 Å². The number of hydrogen-bond acceptors (Lipinski definition) is 0. The zero-order valence-corrected chi connectivity index (χ0v) is 7.96. The van der Waals surface area contributed by atoms with Crippen molar-refractivity contribution < 1.29 is 0 Å². The van der Waals surface area contributed by atoms with Crippen molar-refractivity contribution in [3.8, 4) is 0 Å². The molecule has 3 rings (SSSR count). The minimum Gasteiger partial charge on any atom is -0.0801 e. The van der Waals surface area contributed by atoms with Crippen LogP contribution in [0, 0.1) is 6.08 Å². The van der Waals surface area contributed by atoms with Crippen LogP contribution in [0.2, 0.25) is 0 Å². The maximum atomic E-state index is 3.31. The molecule has 0 fully saturated rings. The molecule has 0 heterocycles. The summed E-state index contributed by atoms with van der Waals surface area (Å²) in [4.78, 5) is 0. The summed E-state index contributed by atoms with van der Waals surface area (Å²) >= 11 is 0. The van der Waals surface area contributed by atoms with Gasteiger partial charge in [-0.05, 0) is 52.6 Å². The van der Waals surface area contributed by atoms with Crippen LogP contribution >= 0.6 is 0 Å². The summed E-state index contributed by atoms with van der Waals surface area (Å²) in [5.41, 5.74) is 2.58. The molecule has 2 aliphatic carbocycles. The third-order valence-electron chi connectivity index (χ3n) is 2.74. The molecule has 0 saturated carbocycles. The van der Waals surface area contributed by atoms with Crippen LogP contribution in [0.25, 0.3) is 18.2 Å². The molecule has 1 aromatic rings. The molecule has 0 amide bonds. The highest BCUT2D eigenvalue weighted by Crippen LogP contribution is 2.05. The van der Waals surface area contributed by atoms with Gasteiger partial charge in [-0.3, -0.25) is 0 Å². The van der Waals surface area contributed by atoms with Crippen molar-refractivity contribution >= 4 is 18.2 Å². The Hall–Kier alpha value is -1.56. The topological polar surface area (TPSA) is 0 Å². The molecule has 1 radical (unpaired) electrons. The summed E-state index contributed by atoms with van der Waals surface area (Å²) in [5.74, 6) is 0. The van der Waals surface area contributed by atoms with Crippen molar-refractivity contribution in [1.29, 1.82) is 0 Å². The van der Waals surface area contributed by atoms with E-state index in [-0.39, 0.29) is 0 Å². The number of benzene rings is 1. The fraction of sp³-hybridized carbons (Fsp3) is 0.143. The van der Waals surface area contributed by atoms with Gasteiger partial charge in [-0.25, -0.2) is 0 Å². The molecule has 2 aliphatic rings. The number of allylic oxidation sites excluding steroid dienone is 2. The molecule has 0 bridgehead atoms. The molecule has 0 N–H and O–H groups in total. The zero-order valence-electron chi connectivity index (χ0n) is 7.96. The van der Waals surface area contributed by atoms with E-state index in [1.165, 1.54) is 21.6 Å². The van der Waals surface area contributed by atoms with Gasteiger partial charge >= 0.3 is 0 Å². The fourth-order valence-corrected chi connectivity index (χ4v) is 2.01. The number of hydrogen-bond donors (Lipinski definition) is 0. The average Bonchev–Trinajstić information content (AvgIpc) is 2.26. The lowest BCUT2D eigenvalue weighted by atomic mass is 9.98. The van der Waals surface area contributed by atoms with Gasteiger partial charge in [-0.2, -0.15) is 0 Å². The SMILES string of the molecule is [C]1=CCC=c2cc3c(cc21)=CCC=C3. The normalized spacial score (nSPS) is 16.6. The molecule has 0 spiro atoms. The zero-order chi connectivity index (χ0) is 9.38. The van der Waals surface area contributed by atoms with Gasteiger partial charge in [0, 0.05) is 0 Å². The largest absolute Gasteiger partial charge is 0.0801 e. The van der Waals surface area contributed by atoms with Gasteiger partial charge in [0.25, 0.3) is 0 Å². The van der Waals surface area contributed by atoms with Crippen molar-refractivity contribution in [1.82, 2.24) is 0 Å². The Bertz CT molecular complexity index is 490. The van der Waals surface area contributed by atoms with Gasteiger partial charge in [0.05, 0.1) is 0 Å². The van der Waals surface area contributed by atoms with E-state index in [0.29, 0.717) is 0 Å². The van der Waals surface area contributed by atoms with E-state index in [2.05, 4.69) is 48.6 Å². The smallest absolute Gasteiger partial charge is 0.0105 e. The minimum atomic E-state index is 1.01. The molecular weight excluding hydrogens is 168 g/mol. The Morgan fingerprint density at radius 2 is 1.93 bits per heavy atom. The Balaban J connectivity index is 2.38. The lowest BCUT2D eigenvalue weighted by molar-refractivity contribution is 1.31. The maximum absolute atomic E-state index is 3.31. The van der Waals surface area contributed by atoms with Gasteiger partial charge in [0.2, 0.25) is 0 Å². The quantitative estimate of drug-likeness (QED) is 0.569. The third kappa shape index (κ3) is 1.15. The van der Waals surface area contributed by atoms with E-state index >= 15 is 0 Å². The van der Waals surface area contributed by atoms with Crippen LogP contribution < -0.4 is 10.4 Å². The van der Waals surface area contributed by atoms with Crippen molar-refractivity contribution in [2.24, 2.45) is 0 Å². The third-order valence-corrected chi connectivity index (χ3v) is 2.74. The monoisotopic (exact) mass is 179 g/mol. The first-order valence-corrected chi connectivity index (χ1v) is 5.03. The summed E-state index contributed by atoms with van der Waals surface area (Å²) < 4.78 is 0. The standard InChI is InChI=1S/C14H11/c1-2-6-12-10-14-8-4-3-7-13(14)9-11(12)5-1/h1,4-7,9-10H,2-3H2. The average molecular weight is 179 g/mol. The van der Waals surface area contributed by atoms with Crippen molar-refractivity contribution in [3.63, 3.8) is 0 Å². The van der Waals surface area contributed by atoms with Crippen molar-refractivity contribution in [2.45, 2.75) is 12.8 Å². The summed E-state index contributed by atoms with van der Waals surface area (Å²) in [6.45, 7) is 0. The van der Waals surface area contributed by atoms with Gasteiger partial charge in [0.15, 0.2) is 0 Å². The van der Waals surface area contributed by atoms with Crippen LogP contribution in [0.15, 0.2) is 24.3 Å². The molecule has 0 nitrogen and oxygen atoms in total. The number of fused-ring (bicyclic) bond motifs is 2. The summed E-state index contributed by atoms with van der Waals surface area (Å²) in [5, 5.41) is 2.67. The predicted molar refractivity (Wildman–Crippen MR) is 59.8 cm³/mol. The molecule has 67 valence electrons. The first kappa shape index (κ1) is 7.81. The van der Waals surface area contributed by atoms with E-state index in [1.54, 1.807) is 0 Å². The number of rotatable bonds is 0. The van der Waals surface area contributed by atoms with Gasteiger partial charge in [-0.1, -0.05) is 30.4 Å². The van der Waals surface area contributed by atoms with Crippen LogP contribution in [0.1, 0.15) is 24.0 Å². The Kier molecular flexibility index (Phi) is 1.66. The second-order valence-corrected chi connectivity index (χ2v) is 3.70. The van der Waals surface area contributed by atoms with Crippen LogP contribution in [0.5, 0.6) is 0 Å². The van der Waals surface area contributed by atoms with Crippen LogP contribution in [0.4, 0.5) is 0 Å². The maximum Gasteiger partial charge on any atom is -0.0105 e. The van der Waals surface area contributed by atoms with E-state index in [4.69, 9.17) is 0 Å². The summed E-state index contributed by atoms with van der Waals surface area (Å²) in [7, 11) is 0. The lowest BCUT2D eigenvalue weighted by Gasteiger charge is -2.06. The molecule has 14 heavy (non-hydrogen) atoms. The van der Waals surface area contributed by atoms with Gasteiger partial charge < -0.3 is 0 Å². The van der Waals surface area contributed by atoms with Crippen molar-refractivity contribution in [2.75, 3.05) is 0 Å². The van der Waals surface area contributed by atoms with E-state index in [9.17, 15) is 0 Å². The van der Waals surface area contributed by atoms with Crippen LogP contribution in [-0.2, 0) is 0 Å². The molecule has 0 unspecified atom stereocenters. The second-order valence-electron chi connectivity index (χ2n) is 3.70. The first-order valence-electron chi connectivity index (χ1n) is 5.03. The van der Waals surface area contributed by atoms with E-state index in [1.807, 2.05) is 0 Å². The van der Waals surface area contributed by atoms with Crippen LogP contribution in [-0.4, -0.2) is 0 Å². The highest BCUT2D eigenvalue weighted by atomic mass is 14.1. The molecule has 0 aromatic heterocycles. The lowest BCUT2D eigenvalue weighted by Crippen LogP contribution is -2.18. The fourth-order valence-electron chi connectivity index (χ4n) is 2.01. The predicted octanol–water partition coefficient (Wildman–Crippen LogP) is 1.78. The van der Waals surface area contributed by atoms with E-state index < -0.39 is 0 Å². The molecular formula is C14H11. The highest BCUT2D eigenvalue weighted by molar-refractivity contribution is 5.59. The second kappa shape index (κ2) is 2.98. The Morgan fingerprint density at radius 3 is 2.93 bits per heavy atom. The van der Waals surface area contributed by atoms with Crippen molar-refractivity contribution in [3.05, 3.63) is 51.9 Å². The highest BCUT2D eigenvalue weighted by Gasteiger charge is 2.01. The van der Waals surface area contributed by atoms with E-state index in [0.717, 1.165) is 12.8 Å². The molecule has 0 heteroatoms. The summed E-state index contributed by atoms with van der Waals surface area (Å²) in [6, 6.07) is 4.50. The molecule has 0 atom stereocenters. The minimum absolute atomic E-state index is 1.01. The molecule has 1 aromatic carbocycles. The Morgan fingerprint density at radius 1 is 1.00 bits per heavy atom. The van der Waals surface area contributed by atoms with Gasteiger partial charge in [0.1, 0.15) is 0 Å². The Labute approximate surface area is 83.6 Å². The first-order chi connectivity index (χ1) is 6.93. The summed E-state index contributed by atoms with van der Waals surface area (Å²) in [6.07, 6.45) is 16.4. The molecule has 0 aliphatic heterocycles. The van der Waals surface area contributed by atoms with Gasteiger partial charge in [-0.15, -0.1) is 0 Å².